The summed E-state index contributed by atoms with van der Waals surface area (Å²) in [6.45, 7) is 5.56. The van der Waals surface area contributed by atoms with Gasteiger partial charge in [-0.1, -0.05) is 26.8 Å². The molecule has 10 heteroatoms. The van der Waals surface area contributed by atoms with Crippen molar-refractivity contribution in [2.45, 2.75) is 52.1 Å². The zero-order chi connectivity index (χ0) is 25.8. The van der Waals surface area contributed by atoms with E-state index in [-0.39, 0.29) is 23.4 Å². The summed E-state index contributed by atoms with van der Waals surface area (Å²) in [4.78, 5) is 53.7. The van der Waals surface area contributed by atoms with Gasteiger partial charge in [-0.2, -0.15) is 0 Å². The molecule has 1 aromatic heterocycles. The molecule has 0 bridgehead atoms. The van der Waals surface area contributed by atoms with Gasteiger partial charge in [0.2, 0.25) is 11.8 Å². The smallest absolute Gasteiger partial charge is 0.268 e. The second kappa shape index (κ2) is 10.9. The summed E-state index contributed by atoms with van der Waals surface area (Å²) < 4.78 is 5.35. The van der Waals surface area contributed by atoms with Gasteiger partial charge < -0.3 is 30.8 Å². The van der Waals surface area contributed by atoms with Crippen molar-refractivity contribution in [2.75, 3.05) is 20.3 Å². The Morgan fingerprint density at radius 3 is 2.54 bits per heavy atom. The van der Waals surface area contributed by atoms with Gasteiger partial charge >= 0.3 is 0 Å². The van der Waals surface area contributed by atoms with Crippen molar-refractivity contribution in [1.82, 2.24) is 20.9 Å². The van der Waals surface area contributed by atoms with Crippen LogP contribution in [0.2, 0.25) is 0 Å². The number of benzene rings is 1. The van der Waals surface area contributed by atoms with Crippen LogP contribution in [0.15, 0.2) is 24.3 Å². The highest BCUT2D eigenvalue weighted by atomic mass is 16.5. The summed E-state index contributed by atoms with van der Waals surface area (Å²) >= 11 is 0. The zero-order valence-corrected chi connectivity index (χ0v) is 20.6. The molecule has 0 aliphatic carbocycles. The van der Waals surface area contributed by atoms with Crippen LogP contribution >= 0.6 is 0 Å². The molecule has 2 aromatic rings. The minimum Gasteiger partial charge on any atom is -0.496 e. The topological polar surface area (TPSA) is 150 Å². The SMILES string of the molecule is COc1cccc2[nH]c(C(=O)NC(CC(C)(C)C)C(=O)NC(CC3CCNC3=O)C(=O)CO)cc12. The number of fused-ring (bicyclic) bond motifs is 1. The molecule has 10 nitrogen and oxygen atoms in total. The second-order valence-electron chi connectivity index (χ2n) is 10.1. The number of aliphatic hydroxyl groups is 1. The first-order chi connectivity index (χ1) is 16.5. The molecule has 35 heavy (non-hydrogen) atoms. The number of H-pyrrole nitrogens is 1. The fraction of sp³-hybridized carbons (Fsp3) is 0.520. The van der Waals surface area contributed by atoms with Crippen LogP contribution in [0.3, 0.4) is 0 Å². The third kappa shape index (κ3) is 6.60. The largest absolute Gasteiger partial charge is 0.496 e. The molecule has 3 atom stereocenters. The van der Waals surface area contributed by atoms with Crippen LogP contribution in [0.5, 0.6) is 5.75 Å². The average molecular weight is 487 g/mol. The van der Waals surface area contributed by atoms with E-state index in [9.17, 15) is 24.3 Å². The van der Waals surface area contributed by atoms with Crippen molar-refractivity contribution in [3.05, 3.63) is 30.0 Å². The van der Waals surface area contributed by atoms with Gasteiger partial charge in [0.05, 0.1) is 13.2 Å². The molecule has 0 saturated carbocycles. The normalized spacial score (nSPS) is 17.5. The van der Waals surface area contributed by atoms with Gasteiger partial charge in [0.15, 0.2) is 5.78 Å². The number of carbonyl (C=O) groups excluding carboxylic acids is 4. The first-order valence-corrected chi connectivity index (χ1v) is 11.7. The van der Waals surface area contributed by atoms with Crippen LogP contribution in [-0.4, -0.2) is 65.9 Å². The lowest BCUT2D eigenvalue weighted by molar-refractivity contribution is -0.131. The summed E-state index contributed by atoms with van der Waals surface area (Å²) in [5.74, 6) is -1.60. The van der Waals surface area contributed by atoms with Crippen molar-refractivity contribution in [3.63, 3.8) is 0 Å². The van der Waals surface area contributed by atoms with E-state index in [0.717, 1.165) is 10.9 Å². The molecular weight excluding hydrogens is 452 g/mol. The van der Waals surface area contributed by atoms with Gasteiger partial charge in [-0.15, -0.1) is 0 Å². The molecule has 1 aliphatic rings. The van der Waals surface area contributed by atoms with E-state index in [0.29, 0.717) is 25.1 Å². The summed E-state index contributed by atoms with van der Waals surface area (Å²) in [6, 6.07) is 5.10. The maximum absolute atomic E-state index is 13.3. The van der Waals surface area contributed by atoms with Gasteiger partial charge in [-0.05, 0) is 42.9 Å². The minimum absolute atomic E-state index is 0.0922. The molecular formula is C25H34N4O6. The lowest BCUT2D eigenvalue weighted by Crippen LogP contribution is -2.53. The number of Topliss-reactive ketones (excluding diaryl/α,β-unsaturated/α-hetero) is 1. The Labute approximate surface area is 204 Å². The van der Waals surface area contributed by atoms with Crippen LogP contribution in [0.25, 0.3) is 10.9 Å². The Kier molecular flexibility index (Phi) is 8.16. The van der Waals surface area contributed by atoms with E-state index in [1.165, 1.54) is 0 Å². The van der Waals surface area contributed by atoms with Crippen LogP contribution in [0.1, 0.15) is 50.5 Å². The number of aromatic nitrogens is 1. The number of ketones is 1. The number of amides is 3. The molecule has 3 unspecified atom stereocenters. The van der Waals surface area contributed by atoms with Gasteiger partial charge in [0.25, 0.3) is 5.91 Å². The Hall–Kier alpha value is -3.40. The monoisotopic (exact) mass is 486 g/mol. The number of carbonyl (C=O) groups is 4. The number of rotatable bonds is 10. The van der Waals surface area contributed by atoms with Crippen LogP contribution in [-0.2, 0) is 14.4 Å². The maximum Gasteiger partial charge on any atom is 0.268 e. The first-order valence-electron chi connectivity index (χ1n) is 11.7. The van der Waals surface area contributed by atoms with Gasteiger partial charge in [-0.25, -0.2) is 0 Å². The standard InChI is InChI=1S/C25H34N4O6/c1-25(2,3)12-19(24(34)28-17(20(31)13-30)10-14-8-9-26-22(14)32)29-23(33)18-11-15-16(27-18)6-5-7-21(15)35-4/h5-7,11,14,17,19,27,30H,8-10,12-13H2,1-4H3,(H,26,32)(H,28,34)(H,29,33). The molecule has 3 rings (SSSR count). The Balaban J connectivity index is 1.79. The Morgan fingerprint density at radius 2 is 1.94 bits per heavy atom. The predicted octanol–water partition coefficient (Wildman–Crippen LogP) is 1.28. The van der Waals surface area contributed by atoms with Crippen molar-refractivity contribution >= 4 is 34.4 Å². The second-order valence-corrected chi connectivity index (χ2v) is 10.1. The number of nitrogens with one attached hydrogen (secondary N) is 4. The first kappa shape index (κ1) is 26.2. The van der Waals surface area contributed by atoms with E-state index < -0.39 is 42.2 Å². The van der Waals surface area contributed by atoms with E-state index in [1.54, 1.807) is 25.3 Å². The summed E-state index contributed by atoms with van der Waals surface area (Å²) in [6.07, 6.45) is 0.947. The molecule has 5 N–H and O–H groups in total. The number of hydrogen-bond acceptors (Lipinski definition) is 6. The van der Waals surface area contributed by atoms with E-state index in [4.69, 9.17) is 4.74 Å². The predicted molar refractivity (Wildman–Crippen MR) is 130 cm³/mol. The molecule has 0 radical (unpaired) electrons. The number of aliphatic hydroxyl groups excluding tert-OH is 1. The van der Waals surface area contributed by atoms with Crippen LogP contribution in [0.4, 0.5) is 0 Å². The quantitative estimate of drug-likeness (QED) is 0.342. The highest BCUT2D eigenvalue weighted by Gasteiger charge is 2.34. The molecule has 1 fully saturated rings. The van der Waals surface area contributed by atoms with E-state index in [2.05, 4.69) is 20.9 Å². The average Bonchev–Trinajstić information content (AvgIpc) is 3.42. The minimum atomic E-state index is -1.03. The lowest BCUT2D eigenvalue weighted by Gasteiger charge is -2.28. The Morgan fingerprint density at radius 1 is 1.20 bits per heavy atom. The third-order valence-electron chi connectivity index (χ3n) is 6.07. The lowest BCUT2D eigenvalue weighted by atomic mass is 9.87. The van der Waals surface area contributed by atoms with Crippen molar-refractivity contribution in [2.24, 2.45) is 11.3 Å². The number of methoxy groups -OCH3 is 1. The van der Waals surface area contributed by atoms with Gasteiger partial charge in [-0.3, -0.25) is 19.2 Å². The number of ether oxygens (including phenoxy) is 1. The van der Waals surface area contributed by atoms with E-state index in [1.807, 2.05) is 26.8 Å². The third-order valence-corrected chi connectivity index (χ3v) is 6.07. The summed E-state index contributed by atoms with van der Waals surface area (Å²) in [7, 11) is 1.55. The zero-order valence-electron chi connectivity index (χ0n) is 20.6. The molecule has 3 amide bonds. The number of hydrogen-bond donors (Lipinski definition) is 5. The van der Waals surface area contributed by atoms with Crippen LogP contribution < -0.4 is 20.7 Å². The molecule has 190 valence electrons. The van der Waals surface area contributed by atoms with Crippen molar-refractivity contribution < 1.29 is 29.0 Å². The van der Waals surface area contributed by atoms with Crippen molar-refractivity contribution in [3.8, 4) is 5.75 Å². The summed E-state index contributed by atoms with van der Waals surface area (Å²) in [5, 5.41) is 18.3. The maximum atomic E-state index is 13.3. The van der Waals surface area contributed by atoms with Crippen molar-refractivity contribution in [1.29, 1.82) is 0 Å². The molecule has 2 heterocycles. The molecule has 1 aliphatic heterocycles. The summed E-state index contributed by atoms with van der Waals surface area (Å²) in [5.41, 5.74) is 0.664. The Bertz CT molecular complexity index is 1100. The number of aromatic amines is 1. The molecule has 0 spiro atoms. The highest BCUT2D eigenvalue weighted by molar-refractivity contribution is 6.02. The highest BCUT2D eigenvalue weighted by Crippen LogP contribution is 2.26. The van der Waals surface area contributed by atoms with E-state index >= 15 is 0 Å². The van der Waals surface area contributed by atoms with Crippen LogP contribution in [0, 0.1) is 11.3 Å². The molecule has 1 saturated heterocycles. The van der Waals surface area contributed by atoms with Gasteiger partial charge in [0.1, 0.15) is 24.1 Å². The molecule has 1 aromatic carbocycles. The fourth-order valence-electron chi connectivity index (χ4n) is 4.29. The fourth-order valence-corrected chi connectivity index (χ4v) is 4.29. The van der Waals surface area contributed by atoms with Gasteiger partial charge in [0, 0.05) is 23.4 Å².